The summed E-state index contributed by atoms with van der Waals surface area (Å²) in [6, 6.07) is 0. The van der Waals surface area contributed by atoms with Crippen LogP contribution in [0, 0.1) is 6.92 Å². The van der Waals surface area contributed by atoms with Crippen molar-refractivity contribution in [1.29, 1.82) is 0 Å². The maximum atomic E-state index is 12.9. The fourth-order valence-electron chi connectivity index (χ4n) is 1.84. The number of aromatic nitrogens is 2. The van der Waals surface area contributed by atoms with Gasteiger partial charge in [0.15, 0.2) is 5.69 Å². The van der Waals surface area contributed by atoms with Gasteiger partial charge in [-0.3, -0.25) is 5.10 Å². The molecule has 0 spiro atoms. The van der Waals surface area contributed by atoms with E-state index < -0.39 is 11.9 Å². The molecular formula is C13H17F3N2O. The molecule has 6 heteroatoms. The highest BCUT2D eigenvalue weighted by Crippen LogP contribution is 2.36. The van der Waals surface area contributed by atoms with Gasteiger partial charge in [-0.05, 0) is 19.4 Å². The second kappa shape index (κ2) is 5.95. The molecular weight excluding hydrogens is 257 g/mol. The molecule has 106 valence electrons. The van der Waals surface area contributed by atoms with Crippen LogP contribution in [0.2, 0.25) is 0 Å². The van der Waals surface area contributed by atoms with Crippen molar-refractivity contribution < 1.29 is 17.9 Å². The van der Waals surface area contributed by atoms with Gasteiger partial charge in [0.05, 0.1) is 7.11 Å². The van der Waals surface area contributed by atoms with Crippen molar-refractivity contribution in [1.82, 2.24) is 10.2 Å². The minimum atomic E-state index is -4.46. The molecule has 3 nitrogen and oxygen atoms in total. The Morgan fingerprint density at radius 1 is 1.53 bits per heavy atom. The highest BCUT2D eigenvalue weighted by molar-refractivity contribution is 5.34. The molecule has 0 aromatic carbocycles. The van der Waals surface area contributed by atoms with Gasteiger partial charge in [-0.25, -0.2) is 0 Å². The van der Waals surface area contributed by atoms with Crippen LogP contribution < -0.4 is 0 Å². The molecule has 0 radical (unpaired) electrons. The summed E-state index contributed by atoms with van der Waals surface area (Å²) >= 11 is 0. The summed E-state index contributed by atoms with van der Waals surface area (Å²) in [5, 5.41) is 5.77. The number of nitrogens with one attached hydrogen (secondary N) is 1. The third-order valence-electron chi connectivity index (χ3n) is 2.85. The predicted molar refractivity (Wildman–Crippen MR) is 66.6 cm³/mol. The van der Waals surface area contributed by atoms with Gasteiger partial charge in [0.2, 0.25) is 0 Å². The molecule has 1 heterocycles. The molecule has 1 atom stereocenters. The molecule has 0 aliphatic carbocycles. The van der Waals surface area contributed by atoms with Gasteiger partial charge in [0.25, 0.3) is 0 Å². The number of hydrogen-bond acceptors (Lipinski definition) is 2. The van der Waals surface area contributed by atoms with Crippen LogP contribution in [0.15, 0.2) is 24.5 Å². The van der Waals surface area contributed by atoms with Gasteiger partial charge < -0.3 is 4.74 Å². The van der Waals surface area contributed by atoms with Crippen molar-refractivity contribution in [3.8, 4) is 0 Å². The van der Waals surface area contributed by atoms with Crippen molar-refractivity contribution in [3.05, 3.63) is 41.4 Å². The first-order valence-corrected chi connectivity index (χ1v) is 5.84. The number of methoxy groups -OCH3 is 1. The molecule has 0 saturated heterocycles. The predicted octanol–water partition coefficient (Wildman–Crippen LogP) is 3.95. The Labute approximate surface area is 110 Å². The molecule has 0 bridgehead atoms. The van der Waals surface area contributed by atoms with Gasteiger partial charge in [-0.1, -0.05) is 19.6 Å². The normalized spacial score (nSPS) is 13.8. The summed E-state index contributed by atoms with van der Waals surface area (Å²) in [5.74, 6) is 0.00966. The van der Waals surface area contributed by atoms with Crippen LogP contribution in [0.5, 0.6) is 0 Å². The third-order valence-corrected chi connectivity index (χ3v) is 2.85. The molecule has 1 N–H and O–H groups in total. The molecule has 0 aliphatic heterocycles. The number of aromatic amines is 1. The average molecular weight is 274 g/mol. The Bertz CT molecular complexity index is 475. The number of H-pyrrole nitrogens is 1. The van der Waals surface area contributed by atoms with Crippen LogP contribution in [0.25, 0.3) is 0 Å². The van der Waals surface area contributed by atoms with E-state index in [2.05, 4.69) is 16.8 Å². The van der Waals surface area contributed by atoms with Crippen LogP contribution in [0.3, 0.4) is 0 Å². The Hall–Kier alpha value is -1.72. The second-order valence-corrected chi connectivity index (χ2v) is 4.15. The van der Waals surface area contributed by atoms with E-state index in [0.717, 1.165) is 0 Å². The van der Waals surface area contributed by atoms with Crippen molar-refractivity contribution in [2.45, 2.75) is 32.4 Å². The monoisotopic (exact) mass is 274 g/mol. The molecule has 0 amide bonds. The molecule has 19 heavy (non-hydrogen) atoms. The lowest BCUT2D eigenvalue weighted by Gasteiger charge is -2.14. The van der Waals surface area contributed by atoms with E-state index in [1.54, 1.807) is 19.1 Å². The van der Waals surface area contributed by atoms with E-state index in [1.807, 2.05) is 6.92 Å². The van der Waals surface area contributed by atoms with E-state index in [0.29, 0.717) is 17.9 Å². The first kappa shape index (κ1) is 15.3. The van der Waals surface area contributed by atoms with E-state index >= 15 is 0 Å². The summed E-state index contributed by atoms with van der Waals surface area (Å²) in [6.45, 7) is 7.00. The number of hydrogen-bond donors (Lipinski definition) is 1. The molecule has 0 aliphatic rings. The van der Waals surface area contributed by atoms with Crippen LogP contribution in [-0.2, 0) is 10.9 Å². The Morgan fingerprint density at radius 2 is 2.16 bits per heavy atom. The van der Waals surface area contributed by atoms with E-state index in [-0.39, 0.29) is 11.5 Å². The molecule has 0 fully saturated rings. The molecule has 1 unspecified atom stereocenters. The lowest BCUT2D eigenvalue weighted by molar-refractivity contribution is -0.141. The van der Waals surface area contributed by atoms with Gasteiger partial charge in [-0.2, -0.15) is 18.3 Å². The maximum Gasteiger partial charge on any atom is 0.435 e. The summed E-state index contributed by atoms with van der Waals surface area (Å²) in [5.41, 5.74) is -0.258. The first-order chi connectivity index (χ1) is 8.81. The standard InChI is InChI=1S/C13H17F3N2O/c1-5-10(7-6-8(2)19-4)11-9(3)17-18-12(11)13(14,15)16/h6-7,10H,2,5H2,1,3-4H3,(H,17,18)/b7-6-. The van der Waals surface area contributed by atoms with E-state index in [1.165, 1.54) is 7.11 Å². The summed E-state index contributed by atoms with van der Waals surface area (Å²) in [6.07, 6.45) is -0.712. The molecule has 1 rings (SSSR count). The number of rotatable bonds is 5. The lowest BCUT2D eigenvalue weighted by atomic mass is 9.93. The quantitative estimate of drug-likeness (QED) is 0.652. The highest BCUT2D eigenvalue weighted by Gasteiger charge is 2.38. The van der Waals surface area contributed by atoms with Crippen molar-refractivity contribution in [2.24, 2.45) is 0 Å². The lowest BCUT2D eigenvalue weighted by Crippen LogP contribution is -2.11. The topological polar surface area (TPSA) is 37.9 Å². The first-order valence-electron chi connectivity index (χ1n) is 5.84. The Kier molecular flexibility index (Phi) is 4.80. The Morgan fingerprint density at radius 3 is 2.63 bits per heavy atom. The number of halogens is 3. The summed E-state index contributed by atoms with van der Waals surface area (Å²) in [4.78, 5) is 0. The number of nitrogens with zero attached hydrogens (tertiary/aromatic N) is 1. The average Bonchev–Trinajstić information content (AvgIpc) is 2.72. The maximum absolute atomic E-state index is 12.9. The third kappa shape index (κ3) is 3.62. The number of alkyl halides is 3. The second-order valence-electron chi connectivity index (χ2n) is 4.15. The van der Waals surface area contributed by atoms with Crippen LogP contribution in [0.4, 0.5) is 13.2 Å². The largest absolute Gasteiger partial charge is 0.497 e. The summed E-state index contributed by atoms with van der Waals surface area (Å²) in [7, 11) is 1.46. The number of aryl methyl sites for hydroxylation is 1. The van der Waals surface area contributed by atoms with Crippen LogP contribution >= 0.6 is 0 Å². The zero-order chi connectivity index (χ0) is 14.6. The summed E-state index contributed by atoms with van der Waals surface area (Å²) < 4.78 is 43.5. The van der Waals surface area contributed by atoms with Gasteiger partial charge in [0.1, 0.15) is 5.76 Å². The van der Waals surface area contributed by atoms with Gasteiger partial charge >= 0.3 is 6.18 Å². The number of allylic oxidation sites excluding steroid dienone is 2. The fourth-order valence-corrected chi connectivity index (χ4v) is 1.84. The number of ether oxygens (including phenoxy) is 1. The van der Waals surface area contributed by atoms with E-state index in [9.17, 15) is 13.2 Å². The fraction of sp³-hybridized carbons (Fsp3) is 0.462. The molecule has 0 saturated carbocycles. The van der Waals surface area contributed by atoms with Gasteiger partial charge in [-0.15, -0.1) is 0 Å². The zero-order valence-electron chi connectivity index (χ0n) is 11.1. The van der Waals surface area contributed by atoms with Crippen molar-refractivity contribution in [3.63, 3.8) is 0 Å². The van der Waals surface area contributed by atoms with Gasteiger partial charge in [0, 0.05) is 17.2 Å². The van der Waals surface area contributed by atoms with Crippen molar-refractivity contribution >= 4 is 0 Å². The van der Waals surface area contributed by atoms with E-state index in [4.69, 9.17) is 4.74 Å². The zero-order valence-corrected chi connectivity index (χ0v) is 11.1. The minimum absolute atomic E-state index is 0.176. The minimum Gasteiger partial charge on any atom is -0.497 e. The smallest absolute Gasteiger partial charge is 0.435 e. The Balaban J connectivity index is 3.15. The highest BCUT2D eigenvalue weighted by atomic mass is 19.4. The van der Waals surface area contributed by atoms with Crippen LogP contribution in [-0.4, -0.2) is 17.3 Å². The molecule has 1 aromatic rings. The molecule has 1 aromatic heterocycles. The SMILES string of the molecule is C=C(/C=C\C(CC)c1c(C(F)(F)F)n[nH]c1C)OC. The van der Waals surface area contributed by atoms with Crippen LogP contribution in [0.1, 0.15) is 36.2 Å². The van der Waals surface area contributed by atoms with Crippen molar-refractivity contribution in [2.75, 3.05) is 7.11 Å².